The molecule has 0 nitrogen and oxygen atoms in total. The maximum Gasteiger partial charge on any atom is 0.00241 e. The van der Waals surface area contributed by atoms with Crippen LogP contribution < -0.4 is 0 Å². The lowest BCUT2D eigenvalue weighted by molar-refractivity contribution is 0.420. The zero-order valence-corrected chi connectivity index (χ0v) is 18.4. The molecule has 30 heavy (non-hydrogen) atoms. The van der Waals surface area contributed by atoms with Crippen LogP contribution in [0.5, 0.6) is 0 Å². The van der Waals surface area contributed by atoms with Gasteiger partial charge < -0.3 is 0 Å². The Kier molecular flexibility index (Phi) is 7.85. The Bertz CT molecular complexity index is 866. The SMILES string of the molecule is C1=C=C(CCCC2=CC(CCC3CCC(CCCc4ccccc4)C3)C=C2)C=CC=1. The number of benzene rings is 1. The van der Waals surface area contributed by atoms with Gasteiger partial charge in [-0.25, -0.2) is 0 Å². The molecule has 3 atom stereocenters. The van der Waals surface area contributed by atoms with E-state index < -0.39 is 0 Å². The summed E-state index contributed by atoms with van der Waals surface area (Å²) < 4.78 is 0. The Hall–Kier alpha value is -2.26. The number of hydrogen-bond acceptors (Lipinski definition) is 0. The molecule has 0 bridgehead atoms. The van der Waals surface area contributed by atoms with Crippen LogP contribution in [0.15, 0.2) is 89.4 Å². The molecule has 0 N–H and O–H groups in total. The fourth-order valence-corrected chi connectivity index (χ4v) is 5.37. The Labute approximate surface area is 183 Å². The van der Waals surface area contributed by atoms with E-state index in [0.717, 1.165) is 18.3 Å². The van der Waals surface area contributed by atoms with Crippen molar-refractivity contribution in [1.82, 2.24) is 0 Å². The normalized spacial score (nSPS) is 24.5. The molecule has 0 spiro atoms. The highest BCUT2D eigenvalue weighted by molar-refractivity contribution is 5.30. The van der Waals surface area contributed by atoms with Crippen molar-refractivity contribution in [3.8, 4) is 0 Å². The first-order chi connectivity index (χ1) is 14.8. The van der Waals surface area contributed by atoms with E-state index in [1.165, 1.54) is 75.3 Å². The molecule has 3 aliphatic carbocycles. The summed E-state index contributed by atoms with van der Waals surface area (Å²) in [7, 11) is 0. The smallest absolute Gasteiger partial charge is 0.00241 e. The predicted octanol–water partition coefficient (Wildman–Crippen LogP) is 8.29. The van der Waals surface area contributed by atoms with Crippen molar-refractivity contribution in [2.75, 3.05) is 0 Å². The zero-order chi connectivity index (χ0) is 20.4. The van der Waals surface area contributed by atoms with Crippen LogP contribution in [0.1, 0.15) is 69.8 Å². The maximum atomic E-state index is 3.22. The Balaban J connectivity index is 1.09. The van der Waals surface area contributed by atoms with Gasteiger partial charge in [0, 0.05) is 5.57 Å². The summed E-state index contributed by atoms with van der Waals surface area (Å²) >= 11 is 0. The number of hydrogen-bond donors (Lipinski definition) is 0. The third-order valence-corrected chi connectivity index (χ3v) is 7.09. The third kappa shape index (κ3) is 6.63. The minimum absolute atomic E-state index is 0.689. The molecule has 1 saturated carbocycles. The minimum Gasteiger partial charge on any atom is -0.0773 e. The summed E-state index contributed by atoms with van der Waals surface area (Å²) in [5.74, 6) is 2.65. The van der Waals surface area contributed by atoms with E-state index in [4.69, 9.17) is 0 Å². The van der Waals surface area contributed by atoms with Gasteiger partial charge in [-0.05, 0) is 80.8 Å². The Morgan fingerprint density at radius 2 is 1.70 bits per heavy atom. The summed E-state index contributed by atoms with van der Waals surface area (Å²) in [4.78, 5) is 0. The van der Waals surface area contributed by atoms with E-state index in [0.29, 0.717) is 5.92 Å². The summed E-state index contributed by atoms with van der Waals surface area (Å²) in [6.07, 6.45) is 28.3. The van der Waals surface area contributed by atoms with Crippen LogP contribution in [-0.2, 0) is 6.42 Å². The van der Waals surface area contributed by atoms with Crippen LogP contribution in [0.2, 0.25) is 0 Å². The molecule has 4 rings (SSSR count). The first-order valence-corrected chi connectivity index (χ1v) is 12.2. The lowest BCUT2D eigenvalue weighted by atomic mass is 9.93. The van der Waals surface area contributed by atoms with Crippen LogP contribution in [0.3, 0.4) is 0 Å². The van der Waals surface area contributed by atoms with Crippen molar-refractivity contribution < 1.29 is 0 Å². The van der Waals surface area contributed by atoms with Gasteiger partial charge in [-0.3, -0.25) is 0 Å². The van der Waals surface area contributed by atoms with Gasteiger partial charge in [-0.2, -0.15) is 0 Å². The van der Waals surface area contributed by atoms with Crippen LogP contribution >= 0.6 is 0 Å². The molecule has 0 aromatic heterocycles. The van der Waals surface area contributed by atoms with Gasteiger partial charge in [0.15, 0.2) is 0 Å². The molecule has 0 aliphatic heterocycles. The molecule has 0 heterocycles. The van der Waals surface area contributed by atoms with Crippen LogP contribution in [0.25, 0.3) is 0 Å². The highest BCUT2D eigenvalue weighted by Crippen LogP contribution is 2.38. The highest BCUT2D eigenvalue weighted by Gasteiger charge is 2.24. The first kappa shape index (κ1) is 21.0. The summed E-state index contributed by atoms with van der Waals surface area (Å²) in [6.45, 7) is 0. The lowest BCUT2D eigenvalue weighted by Crippen LogP contribution is -2.00. The largest absolute Gasteiger partial charge is 0.0773 e. The number of aryl methyl sites for hydroxylation is 1. The summed E-state index contributed by atoms with van der Waals surface area (Å²) in [5.41, 5.74) is 10.6. The topological polar surface area (TPSA) is 0 Å². The van der Waals surface area contributed by atoms with Crippen molar-refractivity contribution in [2.45, 2.75) is 70.6 Å². The molecule has 0 heteroatoms. The van der Waals surface area contributed by atoms with E-state index in [2.05, 4.69) is 72.2 Å². The molecular weight excluding hydrogens is 360 g/mol. The van der Waals surface area contributed by atoms with Crippen LogP contribution in [-0.4, -0.2) is 0 Å². The molecular formula is C30H36. The Morgan fingerprint density at radius 3 is 2.53 bits per heavy atom. The van der Waals surface area contributed by atoms with Gasteiger partial charge >= 0.3 is 0 Å². The highest BCUT2D eigenvalue weighted by atomic mass is 14.3. The first-order valence-electron chi connectivity index (χ1n) is 12.2. The van der Waals surface area contributed by atoms with Crippen LogP contribution in [0, 0.1) is 17.8 Å². The molecule has 0 radical (unpaired) electrons. The van der Waals surface area contributed by atoms with E-state index in [9.17, 15) is 0 Å². The van der Waals surface area contributed by atoms with Gasteiger partial charge in [-0.1, -0.05) is 97.0 Å². The quantitative estimate of drug-likeness (QED) is 0.330. The second kappa shape index (κ2) is 11.2. The third-order valence-electron chi connectivity index (χ3n) is 7.09. The minimum atomic E-state index is 0.689. The Morgan fingerprint density at radius 1 is 0.833 bits per heavy atom. The monoisotopic (exact) mass is 396 g/mol. The second-order valence-corrected chi connectivity index (χ2v) is 9.44. The molecule has 156 valence electrons. The fraction of sp³-hybridized carbons (Fsp3) is 0.467. The van der Waals surface area contributed by atoms with E-state index >= 15 is 0 Å². The molecule has 0 amide bonds. The molecule has 0 saturated heterocycles. The average Bonchev–Trinajstić information content (AvgIpc) is 3.43. The van der Waals surface area contributed by atoms with Crippen molar-refractivity contribution in [3.05, 3.63) is 95.0 Å². The van der Waals surface area contributed by atoms with Crippen molar-refractivity contribution in [1.29, 1.82) is 0 Å². The van der Waals surface area contributed by atoms with Gasteiger partial charge in [0.05, 0.1) is 0 Å². The standard InChI is InChI=1S/C30H36/c1-3-9-25(10-4-1)13-7-15-27-17-19-29(23-27)21-22-30-20-18-28(24-30)16-8-14-26-11-5-2-6-12-26/h1-5,9-11,18,20,24,27,29-30H,7-8,13-17,19,21-23H2. The van der Waals surface area contributed by atoms with Gasteiger partial charge in [-0.15, -0.1) is 0 Å². The molecule has 3 unspecified atom stereocenters. The molecule has 3 aliphatic rings. The van der Waals surface area contributed by atoms with Gasteiger partial charge in [0.2, 0.25) is 0 Å². The maximum absolute atomic E-state index is 3.22. The number of rotatable bonds is 11. The zero-order valence-electron chi connectivity index (χ0n) is 18.4. The lowest BCUT2D eigenvalue weighted by Gasteiger charge is -2.13. The summed E-state index contributed by atoms with van der Waals surface area (Å²) in [5, 5.41) is 0. The van der Waals surface area contributed by atoms with Crippen molar-refractivity contribution in [3.63, 3.8) is 0 Å². The van der Waals surface area contributed by atoms with E-state index in [1.54, 1.807) is 5.57 Å². The van der Waals surface area contributed by atoms with Crippen molar-refractivity contribution in [2.24, 2.45) is 17.8 Å². The average molecular weight is 397 g/mol. The predicted molar refractivity (Wildman–Crippen MR) is 128 cm³/mol. The second-order valence-electron chi connectivity index (χ2n) is 9.44. The van der Waals surface area contributed by atoms with E-state index in [1.807, 2.05) is 6.08 Å². The molecule has 1 aromatic rings. The number of allylic oxidation sites excluding steroid dienone is 8. The van der Waals surface area contributed by atoms with E-state index in [-0.39, 0.29) is 0 Å². The van der Waals surface area contributed by atoms with Crippen molar-refractivity contribution >= 4 is 0 Å². The summed E-state index contributed by atoms with van der Waals surface area (Å²) in [6, 6.07) is 11.0. The van der Waals surface area contributed by atoms with Crippen LogP contribution in [0.4, 0.5) is 0 Å². The fourth-order valence-electron chi connectivity index (χ4n) is 5.37. The molecule has 1 aromatic carbocycles. The van der Waals surface area contributed by atoms with Gasteiger partial charge in [0.1, 0.15) is 0 Å². The molecule has 1 fully saturated rings. The van der Waals surface area contributed by atoms with Gasteiger partial charge in [0.25, 0.3) is 0 Å².